The zero-order valence-corrected chi connectivity index (χ0v) is 20.2. The van der Waals surface area contributed by atoms with E-state index in [2.05, 4.69) is 158 Å². The first-order chi connectivity index (χ1) is 17.9. The first-order valence-corrected chi connectivity index (χ1v) is 12.6. The van der Waals surface area contributed by atoms with Crippen LogP contribution in [0.5, 0.6) is 0 Å². The summed E-state index contributed by atoms with van der Waals surface area (Å²) in [5, 5.41) is 2.62. The topological polar surface area (TPSA) is 0 Å². The van der Waals surface area contributed by atoms with Gasteiger partial charge in [-0.1, -0.05) is 139 Å². The van der Waals surface area contributed by atoms with Crippen molar-refractivity contribution in [1.29, 1.82) is 0 Å². The summed E-state index contributed by atoms with van der Waals surface area (Å²) in [7, 11) is 0. The summed E-state index contributed by atoms with van der Waals surface area (Å²) in [6.45, 7) is 0.286. The molecule has 0 aliphatic heterocycles. The van der Waals surface area contributed by atoms with Gasteiger partial charge in [0, 0.05) is 6.08 Å². The summed E-state index contributed by atoms with van der Waals surface area (Å²) in [5.74, 6) is 0. The fraction of sp³-hybridized carbons (Fsp3) is 0. The highest BCUT2D eigenvalue weighted by Crippen LogP contribution is 2.18. The largest absolute Gasteiger partial charge is 0.233 e. The molecule has 0 aromatic heterocycles. The molecule has 0 saturated carbocycles. The fourth-order valence-corrected chi connectivity index (χ4v) is 5.57. The Morgan fingerprint density at radius 2 is 0.972 bits per heavy atom. The highest BCUT2D eigenvalue weighted by Gasteiger charge is 2.16. The van der Waals surface area contributed by atoms with Gasteiger partial charge in [-0.3, -0.25) is 0 Å². The van der Waals surface area contributed by atoms with Crippen molar-refractivity contribution in [2.24, 2.45) is 0 Å². The second kappa shape index (κ2) is 10.2. The minimum atomic E-state index is 0.143. The third kappa shape index (κ3) is 4.32. The van der Waals surface area contributed by atoms with Gasteiger partial charge in [0.1, 0.15) is 0 Å². The maximum Gasteiger partial charge on any atom is 0.0912 e. The van der Waals surface area contributed by atoms with E-state index in [9.17, 15) is 0 Å². The molecule has 169 valence electrons. The Balaban J connectivity index is 1.64. The van der Waals surface area contributed by atoms with E-state index in [1.54, 1.807) is 0 Å². The molecule has 2 heteroatoms. The van der Waals surface area contributed by atoms with Crippen molar-refractivity contribution >= 4 is 51.5 Å². The number of benzene rings is 5. The van der Waals surface area contributed by atoms with Gasteiger partial charge in [0.2, 0.25) is 0 Å². The summed E-state index contributed by atoms with van der Waals surface area (Å²) in [6, 6.07) is 46.3. The maximum atomic E-state index is 2.32. The smallest absolute Gasteiger partial charge is 0.0912 e. The van der Waals surface area contributed by atoms with Crippen molar-refractivity contribution in [2.75, 3.05) is 0 Å². The lowest BCUT2D eigenvalue weighted by atomic mass is 9.32. The molecule has 0 nitrogen and oxygen atoms in total. The Bertz CT molecular complexity index is 1470. The van der Waals surface area contributed by atoms with Crippen molar-refractivity contribution < 1.29 is 0 Å². The first-order valence-electron chi connectivity index (χ1n) is 12.6. The highest BCUT2D eigenvalue weighted by atomic mass is 14.1. The number of hydrogen-bond donors (Lipinski definition) is 0. The van der Waals surface area contributed by atoms with Crippen LogP contribution in [-0.2, 0) is 0 Å². The summed E-state index contributed by atoms with van der Waals surface area (Å²) in [6.07, 6.45) is 10.9. The Kier molecular flexibility index (Phi) is 6.33. The van der Waals surface area contributed by atoms with Gasteiger partial charge >= 0.3 is 0 Å². The van der Waals surface area contributed by atoms with Crippen LogP contribution in [0.25, 0.3) is 10.8 Å². The highest BCUT2D eigenvalue weighted by molar-refractivity contribution is 6.99. The lowest BCUT2D eigenvalue weighted by Crippen LogP contribution is -2.54. The third-order valence-electron chi connectivity index (χ3n) is 7.12. The average molecular weight is 456 g/mol. The van der Waals surface area contributed by atoms with Gasteiger partial charge in [0.15, 0.2) is 0 Å². The fourth-order valence-electron chi connectivity index (χ4n) is 5.57. The lowest BCUT2D eigenvalue weighted by Gasteiger charge is -2.37. The molecule has 0 N–H and O–H groups in total. The van der Waals surface area contributed by atoms with E-state index < -0.39 is 0 Å². The van der Waals surface area contributed by atoms with Gasteiger partial charge < -0.3 is 0 Å². The summed E-state index contributed by atoms with van der Waals surface area (Å²) >= 11 is 0. The summed E-state index contributed by atoms with van der Waals surface area (Å²) < 4.78 is 0. The molecule has 1 aliphatic rings. The molecule has 0 saturated heterocycles. The van der Waals surface area contributed by atoms with Gasteiger partial charge in [-0.15, -0.1) is 0 Å². The molecule has 5 aromatic rings. The van der Waals surface area contributed by atoms with E-state index in [0.29, 0.717) is 0 Å². The number of fused-ring (bicyclic) bond motifs is 1. The summed E-state index contributed by atoms with van der Waals surface area (Å²) in [5.41, 5.74) is 7.92. The minimum Gasteiger partial charge on any atom is -0.233 e. The van der Waals surface area contributed by atoms with Crippen molar-refractivity contribution in [3.05, 3.63) is 164 Å². The van der Waals surface area contributed by atoms with Gasteiger partial charge in [0.05, 0.1) is 18.9 Å². The van der Waals surface area contributed by atoms with E-state index in [1.165, 1.54) is 43.6 Å². The van der Waals surface area contributed by atoms with Crippen LogP contribution in [0.3, 0.4) is 0 Å². The molecule has 5 aromatic carbocycles. The zero-order valence-electron chi connectivity index (χ0n) is 20.2. The second-order valence-electron chi connectivity index (χ2n) is 9.30. The normalized spacial score (nSPS) is 13.1. The molecule has 0 atom stereocenters. The Morgan fingerprint density at radius 3 is 1.47 bits per heavy atom. The molecule has 0 heterocycles. The molecule has 0 spiro atoms. The Hall–Kier alpha value is -4.16. The third-order valence-corrected chi connectivity index (χ3v) is 7.12. The molecule has 3 radical (unpaired) electrons. The van der Waals surface area contributed by atoms with Crippen LogP contribution >= 0.6 is 0 Å². The summed E-state index contributed by atoms with van der Waals surface area (Å²) in [4.78, 5) is 0. The zero-order chi connectivity index (χ0) is 24.2. The Labute approximate surface area is 215 Å². The molecule has 0 bridgehead atoms. The lowest BCUT2D eigenvalue weighted by molar-refractivity contribution is 1.52. The molecule has 0 fully saturated rings. The van der Waals surface area contributed by atoms with Gasteiger partial charge in [-0.25, -0.2) is 27.3 Å². The first kappa shape index (κ1) is 22.3. The predicted molar refractivity (Wildman–Crippen MR) is 159 cm³/mol. The van der Waals surface area contributed by atoms with Crippen molar-refractivity contribution in [3.63, 3.8) is 0 Å². The van der Waals surface area contributed by atoms with E-state index >= 15 is 0 Å². The van der Waals surface area contributed by atoms with E-state index in [0.717, 1.165) is 0 Å². The minimum absolute atomic E-state index is 0.143. The monoisotopic (exact) mass is 456 g/mol. The molecule has 0 unspecified atom stereocenters. The molecule has 1 aliphatic carbocycles. The van der Waals surface area contributed by atoms with Crippen molar-refractivity contribution in [1.82, 2.24) is 0 Å². The average Bonchev–Trinajstić information content (AvgIpc) is 2.96. The maximum absolute atomic E-state index is 2.32. The van der Waals surface area contributed by atoms with Crippen LogP contribution in [0.1, 0.15) is 0 Å². The quantitative estimate of drug-likeness (QED) is 0.263. The standard InChI is InChI=1S/C34H26B2/c1-5-17-28(18-6-1)35(29-19-7-2-8-20-29)32-25-13-15-27-16-14-26-33(34(27)32)36(30-21-9-3-10-22-30)31-23-11-4-12-24-31/h1-26H/q-1. The number of hydrogen-bond acceptors (Lipinski definition) is 0. The van der Waals surface area contributed by atoms with Crippen molar-refractivity contribution in [2.45, 2.75) is 0 Å². The molecular weight excluding hydrogens is 430 g/mol. The van der Waals surface area contributed by atoms with Gasteiger partial charge in [-0.2, -0.15) is 5.47 Å². The molecule has 0 amide bonds. The van der Waals surface area contributed by atoms with Crippen LogP contribution in [-0.4, -0.2) is 13.4 Å². The number of allylic oxidation sites excluding steroid dienone is 4. The molecule has 36 heavy (non-hydrogen) atoms. The van der Waals surface area contributed by atoms with E-state index in [4.69, 9.17) is 0 Å². The second-order valence-corrected chi connectivity index (χ2v) is 9.30. The van der Waals surface area contributed by atoms with E-state index in [1.807, 2.05) is 0 Å². The van der Waals surface area contributed by atoms with Crippen molar-refractivity contribution in [3.8, 4) is 0 Å². The van der Waals surface area contributed by atoms with Crippen LogP contribution < -0.4 is 27.3 Å². The number of rotatable bonds is 6. The van der Waals surface area contributed by atoms with Crippen LogP contribution in [0, 0.1) is 12.8 Å². The van der Waals surface area contributed by atoms with Crippen LogP contribution in [0.15, 0.2) is 151 Å². The van der Waals surface area contributed by atoms with Gasteiger partial charge in [-0.05, 0) is 18.8 Å². The van der Waals surface area contributed by atoms with Crippen LogP contribution in [0.4, 0.5) is 0 Å². The van der Waals surface area contributed by atoms with Gasteiger partial charge in [0.25, 0.3) is 0 Å². The Morgan fingerprint density at radius 1 is 0.472 bits per heavy atom. The molecule has 6 rings (SSSR count). The SMILES string of the molecule is [CH]1C=C([B-](c2ccccc2)c2cccc3cccc([B-](c4ccccc4)c4ccccc4)c23)C=C[CH+]1. The van der Waals surface area contributed by atoms with E-state index in [-0.39, 0.29) is 13.4 Å². The predicted octanol–water partition coefficient (Wildman–Crippen LogP) is 4.41. The van der Waals surface area contributed by atoms with Crippen LogP contribution in [0.2, 0.25) is 0 Å². The molecular formula is C34H26B2-.